The van der Waals surface area contributed by atoms with E-state index in [1.165, 1.54) is 5.69 Å². The molecule has 0 amide bonds. The lowest BCUT2D eigenvalue weighted by atomic mass is 10.3. The Kier molecular flexibility index (Phi) is 2.93. The number of hydrogen-bond acceptors (Lipinski definition) is 3. The number of rotatable bonds is 2. The van der Waals surface area contributed by atoms with Crippen LogP contribution in [0.4, 0.5) is 0 Å². The molecule has 0 aliphatic carbocycles. The molecule has 2 heterocycles. The van der Waals surface area contributed by atoms with Gasteiger partial charge >= 0.3 is 0 Å². The Hall–Kier alpha value is -0.450. The molecule has 3 nitrogen and oxygen atoms in total. The fourth-order valence-electron chi connectivity index (χ4n) is 1.52. The highest BCUT2D eigenvalue weighted by Gasteiger charge is 2.11. The molecule has 0 saturated carbocycles. The molecule has 1 aliphatic rings. The van der Waals surface area contributed by atoms with E-state index in [-0.39, 0.29) is 0 Å². The van der Waals surface area contributed by atoms with Crippen molar-refractivity contribution in [2.24, 2.45) is 0 Å². The van der Waals surface area contributed by atoms with Crippen molar-refractivity contribution in [3.8, 4) is 0 Å². The second kappa shape index (κ2) is 4.17. The molecular formula is C9H14N3S. The van der Waals surface area contributed by atoms with E-state index in [0.717, 1.165) is 37.7 Å². The summed E-state index contributed by atoms with van der Waals surface area (Å²) in [4.78, 5) is 6.87. The van der Waals surface area contributed by atoms with Crippen molar-refractivity contribution in [2.75, 3.05) is 26.2 Å². The summed E-state index contributed by atoms with van der Waals surface area (Å²) in [5, 5.41) is 7.63. The van der Waals surface area contributed by atoms with E-state index in [4.69, 9.17) is 0 Å². The molecule has 1 aliphatic heterocycles. The highest BCUT2D eigenvalue weighted by molar-refractivity contribution is 7.09. The monoisotopic (exact) mass is 196 g/mol. The van der Waals surface area contributed by atoms with Gasteiger partial charge in [-0.05, 0) is 6.92 Å². The minimum Gasteiger partial charge on any atom is -0.295 e. The summed E-state index contributed by atoms with van der Waals surface area (Å²) in [6, 6.07) is 0. The number of aromatic nitrogens is 1. The van der Waals surface area contributed by atoms with Crippen molar-refractivity contribution in [1.82, 2.24) is 15.2 Å². The summed E-state index contributed by atoms with van der Waals surface area (Å²) in [6.45, 7) is 7.22. The van der Waals surface area contributed by atoms with Gasteiger partial charge in [-0.3, -0.25) is 4.90 Å². The fourth-order valence-corrected chi connectivity index (χ4v) is 2.12. The Morgan fingerprint density at radius 3 is 2.85 bits per heavy atom. The molecule has 0 unspecified atom stereocenters. The highest BCUT2D eigenvalue weighted by atomic mass is 32.1. The lowest BCUT2D eigenvalue weighted by molar-refractivity contribution is 0.228. The van der Waals surface area contributed by atoms with Crippen molar-refractivity contribution in [1.29, 1.82) is 0 Å². The van der Waals surface area contributed by atoms with Crippen LogP contribution in [-0.2, 0) is 6.54 Å². The van der Waals surface area contributed by atoms with Crippen LogP contribution in [0.5, 0.6) is 0 Å². The molecule has 1 fully saturated rings. The Morgan fingerprint density at radius 1 is 1.46 bits per heavy atom. The molecule has 71 valence electrons. The maximum atomic E-state index is 4.45. The van der Waals surface area contributed by atoms with Gasteiger partial charge in [0.1, 0.15) is 0 Å². The van der Waals surface area contributed by atoms with Crippen molar-refractivity contribution in [3.63, 3.8) is 0 Å². The normalized spacial score (nSPS) is 19.2. The van der Waals surface area contributed by atoms with E-state index in [0.29, 0.717) is 0 Å². The van der Waals surface area contributed by atoms with Gasteiger partial charge in [-0.2, -0.15) is 0 Å². The SMILES string of the molecule is Cc1nc(CN2CC[N]CC2)cs1. The molecule has 1 aromatic heterocycles. The van der Waals surface area contributed by atoms with Gasteiger partial charge in [0, 0.05) is 38.1 Å². The molecule has 2 rings (SSSR count). The standard InChI is InChI=1S/C9H14N3S/c1-8-11-9(7-13-8)6-12-4-2-10-3-5-12/h7H,2-6H2,1H3. The zero-order valence-corrected chi connectivity index (χ0v) is 8.68. The van der Waals surface area contributed by atoms with Crippen LogP contribution in [0.1, 0.15) is 10.7 Å². The summed E-state index contributed by atoms with van der Waals surface area (Å²) < 4.78 is 0. The zero-order chi connectivity index (χ0) is 9.10. The average Bonchev–Trinajstić information content (AvgIpc) is 2.53. The number of nitrogens with zero attached hydrogens (tertiary/aromatic N) is 3. The maximum Gasteiger partial charge on any atom is 0.0897 e. The van der Waals surface area contributed by atoms with Crippen LogP contribution in [0, 0.1) is 6.92 Å². The van der Waals surface area contributed by atoms with Gasteiger partial charge in [-0.1, -0.05) is 0 Å². The lowest BCUT2D eigenvalue weighted by Crippen LogP contribution is -2.39. The van der Waals surface area contributed by atoms with Crippen molar-refractivity contribution in [3.05, 3.63) is 16.1 Å². The van der Waals surface area contributed by atoms with Gasteiger partial charge in [0.15, 0.2) is 0 Å². The molecule has 13 heavy (non-hydrogen) atoms. The third kappa shape index (κ3) is 2.49. The quantitative estimate of drug-likeness (QED) is 0.702. The van der Waals surface area contributed by atoms with Gasteiger partial charge < -0.3 is 0 Å². The Morgan fingerprint density at radius 2 is 2.23 bits per heavy atom. The lowest BCUT2D eigenvalue weighted by Gasteiger charge is -2.25. The van der Waals surface area contributed by atoms with E-state index in [9.17, 15) is 0 Å². The van der Waals surface area contributed by atoms with E-state index in [2.05, 4.69) is 27.5 Å². The minimum absolute atomic E-state index is 0.989. The van der Waals surface area contributed by atoms with Crippen molar-refractivity contribution < 1.29 is 0 Å². The highest BCUT2D eigenvalue weighted by Crippen LogP contribution is 2.10. The van der Waals surface area contributed by atoms with Crippen molar-refractivity contribution >= 4 is 11.3 Å². The van der Waals surface area contributed by atoms with Crippen LogP contribution in [-0.4, -0.2) is 36.1 Å². The van der Waals surface area contributed by atoms with Gasteiger partial charge in [0.25, 0.3) is 0 Å². The van der Waals surface area contributed by atoms with E-state index in [1.807, 2.05) is 0 Å². The third-order valence-electron chi connectivity index (χ3n) is 2.20. The van der Waals surface area contributed by atoms with Crippen LogP contribution in [0.2, 0.25) is 0 Å². The van der Waals surface area contributed by atoms with E-state index < -0.39 is 0 Å². The van der Waals surface area contributed by atoms with Gasteiger partial charge in [0.2, 0.25) is 0 Å². The largest absolute Gasteiger partial charge is 0.295 e. The minimum atomic E-state index is 0.989. The molecule has 1 radical (unpaired) electrons. The summed E-state index contributed by atoms with van der Waals surface area (Å²) in [5.74, 6) is 0. The Labute approximate surface area is 82.8 Å². The first-order chi connectivity index (χ1) is 6.34. The van der Waals surface area contributed by atoms with E-state index in [1.54, 1.807) is 11.3 Å². The fraction of sp³-hybridized carbons (Fsp3) is 0.667. The number of piperazine rings is 1. The molecule has 4 heteroatoms. The average molecular weight is 196 g/mol. The Bertz CT molecular complexity index is 266. The smallest absolute Gasteiger partial charge is 0.0897 e. The van der Waals surface area contributed by atoms with Crippen LogP contribution < -0.4 is 5.32 Å². The van der Waals surface area contributed by atoms with Gasteiger partial charge in [0.05, 0.1) is 10.7 Å². The predicted molar refractivity (Wildman–Crippen MR) is 54.0 cm³/mol. The maximum absolute atomic E-state index is 4.45. The first-order valence-corrected chi connectivity index (χ1v) is 5.49. The summed E-state index contributed by atoms with van der Waals surface area (Å²) in [6.07, 6.45) is 0. The third-order valence-corrected chi connectivity index (χ3v) is 3.02. The molecule has 0 aromatic carbocycles. The summed E-state index contributed by atoms with van der Waals surface area (Å²) in [5.41, 5.74) is 1.21. The Balaban J connectivity index is 1.89. The topological polar surface area (TPSA) is 30.2 Å². The first kappa shape index (κ1) is 9.12. The second-order valence-corrected chi connectivity index (χ2v) is 4.37. The van der Waals surface area contributed by atoms with Gasteiger partial charge in [-0.25, -0.2) is 10.3 Å². The number of thiazole rings is 1. The molecule has 0 spiro atoms. The van der Waals surface area contributed by atoms with Crippen LogP contribution in [0.3, 0.4) is 0 Å². The van der Waals surface area contributed by atoms with Crippen LogP contribution >= 0.6 is 11.3 Å². The summed E-state index contributed by atoms with van der Waals surface area (Å²) >= 11 is 1.73. The van der Waals surface area contributed by atoms with Crippen LogP contribution in [0.25, 0.3) is 0 Å². The van der Waals surface area contributed by atoms with Crippen molar-refractivity contribution in [2.45, 2.75) is 13.5 Å². The molecule has 1 saturated heterocycles. The molecule has 0 atom stereocenters. The molecule has 0 bridgehead atoms. The second-order valence-electron chi connectivity index (χ2n) is 3.30. The van der Waals surface area contributed by atoms with E-state index >= 15 is 0 Å². The number of hydrogen-bond donors (Lipinski definition) is 0. The number of aryl methyl sites for hydroxylation is 1. The zero-order valence-electron chi connectivity index (χ0n) is 7.86. The molecular weight excluding hydrogens is 182 g/mol. The van der Waals surface area contributed by atoms with Gasteiger partial charge in [-0.15, -0.1) is 11.3 Å². The molecule has 0 N–H and O–H groups in total. The van der Waals surface area contributed by atoms with Crippen LogP contribution in [0.15, 0.2) is 5.38 Å². The predicted octanol–water partition coefficient (Wildman–Crippen LogP) is 0.872. The molecule has 1 aromatic rings. The summed E-state index contributed by atoms with van der Waals surface area (Å²) in [7, 11) is 0. The first-order valence-electron chi connectivity index (χ1n) is 4.61.